The average molecular weight is 1900 g/mol. The monoisotopic (exact) mass is 1900 g/mol. The SMILES string of the molecule is CCCC[C@H]1C(=O)N2C[C@H](O)C[C@@H]2C(=O)N[C@@H](CC(=O)O)C(=O)N[C@@H](C(C)C)C(=O)N(C)[C@H](Cc2ccccc2)C(=O)N[C@H](CCC(=O)O)C(=O)N2C[C@@H](O)C[C@@H]2C(=O)N[C@@H](Cc2c[nH]c3ccccc23)C(=O)N[C@@H](Cc2ccc(O)cc2)C(=O)N[C@@H](CCCN)C(=O)N[C@H](C(=O)NCC(N)=O)CSCC(=O)N[C@@H](Cc2cc(F)c(F)c(F)c2)C(=O)N(C)[C@@H](Cc2ccccc2)C(=O)N1C. The summed E-state index contributed by atoms with van der Waals surface area (Å²) in [5.74, 6) is -27.3. The van der Waals surface area contributed by atoms with Crippen LogP contribution in [0.5, 0.6) is 5.75 Å². The van der Waals surface area contributed by atoms with Crippen LogP contribution in [0.2, 0.25) is 0 Å². The Hall–Kier alpha value is -13.6. The molecule has 0 bridgehead atoms. The Labute approximate surface area is 779 Å². The van der Waals surface area contributed by atoms with Gasteiger partial charge in [0.05, 0.1) is 30.9 Å². The number of phenols is 1. The Morgan fingerprint density at radius 2 is 1.02 bits per heavy atom. The molecule has 39 nitrogen and oxygen atoms in total. The highest BCUT2D eigenvalue weighted by Crippen LogP contribution is 2.29. The molecular weight excluding hydrogens is 1780 g/mol. The third-order valence-electron chi connectivity index (χ3n) is 23.7. The molecule has 0 aliphatic carbocycles. The van der Waals surface area contributed by atoms with Gasteiger partial charge in [0, 0.05) is 108 Å². The van der Waals surface area contributed by atoms with E-state index in [-0.39, 0.29) is 57.2 Å². The van der Waals surface area contributed by atoms with Gasteiger partial charge in [-0.1, -0.05) is 125 Å². The second kappa shape index (κ2) is 49.4. The molecule has 5 aromatic carbocycles. The molecule has 3 aliphatic heterocycles. The number of carboxylic acids is 2. The standard InChI is InChI=1S/C92H116F3N17O22S/c1-7-8-25-69-91(133)112-46-57(115)41-72(112)87(129)105-66(42-77(120)121)84(126)107-79(49(2)3)92(134)109(5)70(37-50-18-11-9-12-19-50)85(127)102-63(30-31-76(118)119)89(131)111-45-56(114)40-71(111)86(128)104-65(39-54-43-98-61-23-16-15-22-58(54)61)83(125)103-64(35-52-26-28-55(113)29-27-52)82(124)101-62(24-17-32-96)81(123)106-68(80(122)99-44-74(97)116)47-135-48-75(117)100-67(36-53-33-59(93)78(95)60(94)34-53)88(130)110(6)73(90(132)108(69)4)38-51-20-13-10-14-21-51/h9-16,18-23,26-29,33-34,43,49,56-57,62-73,79,98,113-115H,7-8,17,24-25,30-32,35-42,44-48,96H2,1-6H3,(H2,97,116)(H,99,122)(H,100,117)(H,101,124)(H,102,127)(H,103,125)(H,104,128)(H,105,129)(H,106,123)(H,107,126)(H,118,119)(H,120,121)/t56-,57+,62-,63+,64-,65-,66-,67-,68-,69-,70+,71+,72+,73-,79-/m0/s1. The number of benzene rings is 5. The number of halogens is 3. The van der Waals surface area contributed by atoms with E-state index in [1.165, 1.54) is 58.4 Å². The van der Waals surface area contributed by atoms with Crippen LogP contribution in [0, 0.1) is 23.4 Å². The number of carbonyl (C=O) groups excluding carboxylic acids is 15. The maximum atomic E-state index is 15.7. The molecule has 6 aromatic rings. The summed E-state index contributed by atoms with van der Waals surface area (Å²) >= 11 is 0.624. The predicted octanol–water partition coefficient (Wildman–Crippen LogP) is -0.640. The lowest BCUT2D eigenvalue weighted by Crippen LogP contribution is -2.62. The quantitative estimate of drug-likeness (QED) is 0.0317. The smallest absolute Gasteiger partial charge is 0.305 e. The van der Waals surface area contributed by atoms with Crippen molar-refractivity contribution < 1.29 is 120 Å². The molecule has 0 radical (unpaired) electrons. The first-order chi connectivity index (χ1) is 64.1. The number of aromatic nitrogens is 1. The van der Waals surface area contributed by atoms with Crippen LogP contribution in [-0.4, -0.2) is 305 Å². The number of nitrogens with one attached hydrogen (secondary N) is 10. The fraction of sp³-hybridized carbons (Fsp3) is 0.467. The lowest BCUT2D eigenvalue weighted by molar-refractivity contribution is -0.152. The normalized spacial score (nSPS) is 24.5. The number of H-pyrrole nitrogens is 1. The van der Waals surface area contributed by atoms with Crippen molar-refractivity contribution >= 4 is 123 Å². The van der Waals surface area contributed by atoms with Crippen LogP contribution in [0.15, 0.2) is 128 Å². The number of phenolic OH excluding ortho intramolecular Hbond substituents is 1. The first-order valence-corrected chi connectivity index (χ1v) is 45.3. The van der Waals surface area contributed by atoms with Gasteiger partial charge in [-0.25, -0.2) is 13.2 Å². The zero-order chi connectivity index (χ0) is 98.8. The second-order valence-electron chi connectivity index (χ2n) is 34.1. The molecule has 3 aliphatic rings. The van der Waals surface area contributed by atoms with E-state index in [0.29, 0.717) is 63.5 Å². The number of thioether (sulfide) groups is 1. The number of amides is 15. The molecule has 0 spiro atoms. The number of aromatic hydroxyl groups is 1. The number of nitrogens with zero attached hydrogens (tertiary/aromatic N) is 5. The number of hydrogen-bond acceptors (Lipinski definition) is 22. The van der Waals surface area contributed by atoms with Crippen molar-refractivity contribution in [2.75, 3.05) is 58.8 Å². The van der Waals surface area contributed by atoms with E-state index in [0.717, 1.165) is 31.5 Å². The number of likely N-dealkylation sites (N-methyl/N-ethyl adjacent to an activating group) is 3. The molecule has 135 heavy (non-hydrogen) atoms. The number of rotatable bonds is 25. The van der Waals surface area contributed by atoms with Crippen LogP contribution in [0.4, 0.5) is 13.2 Å². The second-order valence-corrected chi connectivity index (χ2v) is 35.1. The number of aliphatic hydroxyl groups excluding tert-OH is 2. The third kappa shape index (κ3) is 29.2. The van der Waals surface area contributed by atoms with Crippen molar-refractivity contribution in [1.29, 1.82) is 0 Å². The largest absolute Gasteiger partial charge is 0.508 e. The van der Waals surface area contributed by atoms with Crippen molar-refractivity contribution in [2.24, 2.45) is 17.4 Å². The van der Waals surface area contributed by atoms with Crippen LogP contribution >= 0.6 is 11.8 Å². The summed E-state index contributed by atoms with van der Waals surface area (Å²) in [7, 11) is 3.53. The maximum absolute atomic E-state index is 15.7. The van der Waals surface area contributed by atoms with Gasteiger partial charge >= 0.3 is 11.9 Å². The molecule has 15 amide bonds. The molecule has 0 unspecified atom stereocenters. The van der Waals surface area contributed by atoms with Crippen molar-refractivity contribution in [3.63, 3.8) is 0 Å². The summed E-state index contributed by atoms with van der Waals surface area (Å²) in [5, 5.41) is 77.1. The Bertz CT molecular complexity index is 5260. The number of para-hydroxylation sites is 1. The van der Waals surface area contributed by atoms with E-state index >= 15 is 51.9 Å². The molecule has 0 saturated carbocycles. The van der Waals surface area contributed by atoms with Gasteiger partial charge < -0.3 is 114 Å². The predicted molar refractivity (Wildman–Crippen MR) is 483 cm³/mol. The zero-order valence-electron chi connectivity index (χ0n) is 75.3. The Morgan fingerprint density at radius 1 is 0.511 bits per heavy atom. The van der Waals surface area contributed by atoms with E-state index in [1.54, 1.807) is 91.9 Å². The van der Waals surface area contributed by atoms with Crippen LogP contribution in [0.1, 0.15) is 113 Å². The van der Waals surface area contributed by atoms with E-state index in [9.17, 15) is 68.3 Å². The maximum Gasteiger partial charge on any atom is 0.305 e. The van der Waals surface area contributed by atoms with E-state index in [4.69, 9.17) is 11.5 Å². The minimum Gasteiger partial charge on any atom is -0.508 e. The number of nitrogens with two attached hydrogens (primary N) is 2. The minimum atomic E-state index is -2.08. The van der Waals surface area contributed by atoms with Crippen LogP contribution in [-0.2, 0) is 114 Å². The van der Waals surface area contributed by atoms with Gasteiger partial charge in [0.25, 0.3) is 0 Å². The Morgan fingerprint density at radius 3 is 1.60 bits per heavy atom. The van der Waals surface area contributed by atoms with Crippen molar-refractivity contribution in [2.45, 2.75) is 208 Å². The van der Waals surface area contributed by atoms with Crippen LogP contribution in [0.3, 0.4) is 0 Å². The summed E-state index contributed by atoms with van der Waals surface area (Å²) in [4.78, 5) is 257. The summed E-state index contributed by atoms with van der Waals surface area (Å²) in [5.41, 5.74) is 13.1. The minimum absolute atomic E-state index is 0.00873. The number of fused-ring (bicyclic) bond motifs is 3. The summed E-state index contributed by atoms with van der Waals surface area (Å²) < 4.78 is 45.1. The van der Waals surface area contributed by atoms with Gasteiger partial charge in [0.2, 0.25) is 88.6 Å². The van der Waals surface area contributed by atoms with Crippen LogP contribution in [0.25, 0.3) is 10.9 Å². The van der Waals surface area contributed by atoms with Gasteiger partial charge in [0.15, 0.2) is 17.5 Å². The van der Waals surface area contributed by atoms with E-state index in [2.05, 4.69) is 52.8 Å². The lowest BCUT2D eigenvalue weighted by atomic mass is 9.98. The number of carbonyl (C=O) groups is 17. The molecule has 3 saturated heterocycles. The molecule has 728 valence electrons. The lowest BCUT2D eigenvalue weighted by Gasteiger charge is -2.38. The summed E-state index contributed by atoms with van der Waals surface area (Å²) in [6, 6.07) is 6.49. The highest BCUT2D eigenvalue weighted by Gasteiger charge is 2.48. The first kappa shape index (κ1) is 105. The van der Waals surface area contributed by atoms with Gasteiger partial charge in [-0.15, -0.1) is 11.8 Å². The number of carboxylic acid groups (broad SMARTS) is 2. The van der Waals surface area contributed by atoms with E-state index < -0.39 is 296 Å². The molecule has 19 N–H and O–H groups in total. The van der Waals surface area contributed by atoms with Gasteiger partial charge in [-0.05, 0) is 96.3 Å². The number of aliphatic hydroxyl groups is 2. The third-order valence-corrected chi connectivity index (χ3v) is 24.7. The van der Waals surface area contributed by atoms with Crippen molar-refractivity contribution in [1.82, 2.24) is 77.3 Å². The topological polar surface area (TPSA) is 584 Å². The van der Waals surface area contributed by atoms with Crippen molar-refractivity contribution in [3.8, 4) is 5.75 Å². The average Bonchev–Trinajstić information content (AvgIpc) is 1.64. The fourth-order valence-electron chi connectivity index (χ4n) is 16.4. The molecule has 3 fully saturated rings. The van der Waals surface area contributed by atoms with Gasteiger partial charge in [-0.2, -0.15) is 0 Å². The van der Waals surface area contributed by atoms with E-state index in [1.807, 2.05) is 0 Å². The van der Waals surface area contributed by atoms with Gasteiger partial charge in [-0.3, -0.25) is 81.5 Å². The molecule has 15 atom stereocenters. The molecule has 1 aromatic heterocycles. The zero-order valence-corrected chi connectivity index (χ0v) is 76.1. The highest BCUT2D eigenvalue weighted by atomic mass is 32.2. The van der Waals surface area contributed by atoms with Crippen LogP contribution < -0.4 is 59.3 Å². The number of unbranched alkanes of at least 4 members (excludes halogenated alkanes) is 1. The number of primary amides is 1. The number of aliphatic carboxylic acids is 2. The Balaban J connectivity index is 1.14. The summed E-state index contributed by atoms with van der Waals surface area (Å²) in [6.45, 7) is 2.58. The van der Waals surface area contributed by atoms with Gasteiger partial charge in [0.1, 0.15) is 84.3 Å². The Kier molecular flexibility index (Phi) is 38.5. The molecule has 43 heteroatoms. The molecule has 4 heterocycles. The highest BCUT2D eigenvalue weighted by molar-refractivity contribution is 8.00. The summed E-state index contributed by atoms with van der Waals surface area (Å²) in [6.07, 6.45) is -7.34. The fourth-order valence-corrected chi connectivity index (χ4v) is 17.2. The first-order valence-electron chi connectivity index (χ1n) is 44.2. The van der Waals surface area contributed by atoms with Crippen molar-refractivity contribution in [3.05, 3.63) is 173 Å². The molecule has 9 rings (SSSR count). The number of hydrogen-bond donors (Lipinski definition) is 17. The number of aromatic amines is 1. The molecular formula is C92H116F3N17O22S.